The van der Waals surface area contributed by atoms with E-state index < -0.39 is 0 Å². The van der Waals surface area contributed by atoms with E-state index in [-0.39, 0.29) is 11.9 Å². The van der Waals surface area contributed by atoms with Crippen LogP contribution in [-0.2, 0) is 4.79 Å². The van der Waals surface area contributed by atoms with Crippen LogP contribution in [0, 0.1) is 0 Å². The van der Waals surface area contributed by atoms with Crippen molar-refractivity contribution in [1.29, 1.82) is 0 Å². The Bertz CT molecular complexity index is 194. The van der Waals surface area contributed by atoms with Crippen molar-refractivity contribution >= 4 is 5.91 Å². The van der Waals surface area contributed by atoms with Gasteiger partial charge in [0.05, 0.1) is 6.04 Å². The Morgan fingerprint density at radius 2 is 2.29 bits per heavy atom. The van der Waals surface area contributed by atoms with Gasteiger partial charge < -0.3 is 5.73 Å². The first-order chi connectivity index (χ1) is 6.70. The number of likely N-dealkylation sites (tertiary alicyclic amines) is 1. The van der Waals surface area contributed by atoms with E-state index in [4.69, 9.17) is 5.73 Å². The summed E-state index contributed by atoms with van der Waals surface area (Å²) in [7, 11) is 0. The fourth-order valence-corrected chi connectivity index (χ4v) is 2.51. The van der Waals surface area contributed by atoms with Crippen molar-refractivity contribution in [3.63, 3.8) is 0 Å². The van der Waals surface area contributed by atoms with Gasteiger partial charge in [0, 0.05) is 6.04 Å². The molecule has 0 aliphatic carbocycles. The summed E-state index contributed by atoms with van der Waals surface area (Å²) < 4.78 is 0. The largest absolute Gasteiger partial charge is 0.368 e. The summed E-state index contributed by atoms with van der Waals surface area (Å²) in [5.41, 5.74) is 5.40. The first kappa shape index (κ1) is 11.5. The molecule has 0 aromatic carbocycles. The quantitative estimate of drug-likeness (QED) is 0.728. The number of nitrogens with zero attached hydrogens (tertiary/aromatic N) is 1. The molecule has 1 amide bonds. The number of rotatable bonds is 5. The summed E-state index contributed by atoms with van der Waals surface area (Å²) in [4.78, 5) is 13.6. The van der Waals surface area contributed by atoms with E-state index in [1.807, 2.05) is 6.92 Å². The molecule has 3 nitrogen and oxygen atoms in total. The average Bonchev–Trinajstić information content (AvgIpc) is 2.55. The maximum absolute atomic E-state index is 11.2. The van der Waals surface area contributed by atoms with Crippen molar-refractivity contribution in [2.24, 2.45) is 5.73 Å². The molecular formula is C11H22N2O. The van der Waals surface area contributed by atoms with E-state index in [0.29, 0.717) is 6.04 Å². The number of primary amides is 1. The molecule has 0 spiro atoms. The molecule has 1 aliphatic heterocycles. The van der Waals surface area contributed by atoms with Crippen LogP contribution in [0.4, 0.5) is 0 Å². The van der Waals surface area contributed by atoms with Crippen molar-refractivity contribution in [3.05, 3.63) is 0 Å². The van der Waals surface area contributed by atoms with Crippen molar-refractivity contribution in [1.82, 2.24) is 4.90 Å². The monoisotopic (exact) mass is 198 g/mol. The Morgan fingerprint density at radius 1 is 1.57 bits per heavy atom. The second-order valence-electron chi connectivity index (χ2n) is 4.15. The van der Waals surface area contributed by atoms with Crippen LogP contribution in [0.5, 0.6) is 0 Å². The highest BCUT2D eigenvalue weighted by Crippen LogP contribution is 2.24. The van der Waals surface area contributed by atoms with Crippen LogP contribution < -0.4 is 5.73 Å². The molecule has 1 heterocycles. The Labute approximate surface area is 86.6 Å². The van der Waals surface area contributed by atoms with Gasteiger partial charge in [-0.05, 0) is 32.2 Å². The van der Waals surface area contributed by atoms with Gasteiger partial charge in [-0.15, -0.1) is 0 Å². The minimum Gasteiger partial charge on any atom is -0.368 e. The highest BCUT2D eigenvalue weighted by atomic mass is 16.1. The summed E-state index contributed by atoms with van der Waals surface area (Å²) in [6, 6.07) is 0.562. The fourth-order valence-electron chi connectivity index (χ4n) is 2.51. The van der Waals surface area contributed by atoms with E-state index in [2.05, 4.69) is 11.8 Å². The number of amides is 1. The zero-order chi connectivity index (χ0) is 10.6. The second kappa shape index (κ2) is 5.35. The lowest BCUT2D eigenvalue weighted by Gasteiger charge is -2.30. The van der Waals surface area contributed by atoms with Gasteiger partial charge in [-0.1, -0.05) is 20.3 Å². The average molecular weight is 198 g/mol. The Kier molecular flexibility index (Phi) is 4.39. The lowest BCUT2D eigenvalue weighted by atomic mass is 10.1. The molecule has 2 N–H and O–H groups in total. The lowest BCUT2D eigenvalue weighted by Crippen LogP contribution is -2.46. The van der Waals surface area contributed by atoms with Crippen LogP contribution in [0.25, 0.3) is 0 Å². The van der Waals surface area contributed by atoms with E-state index in [1.165, 1.54) is 25.7 Å². The van der Waals surface area contributed by atoms with E-state index in [0.717, 1.165) is 13.0 Å². The van der Waals surface area contributed by atoms with Crippen molar-refractivity contribution in [3.8, 4) is 0 Å². The van der Waals surface area contributed by atoms with Crippen LogP contribution in [0.15, 0.2) is 0 Å². The standard InChI is InChI=1S/C11H22N2O/c1-3-6-9-7-5-8-13(9)10(4-2)11(12)14/h9-10H,3-8H2,1-2H3,(H2,12,14)/t9-,10?/m0/s1. The topological polar surface area (TPSA) is 46.3 Å². The summed E-state index contributed by atoms with van der Waals surface area (Å²) in [6.07, 6.45) is 5.68. The van der Waals surface area contributed by atoms with Crippen molar-refractivity contribution < 1.29 is 4.79 Å². The van der Waals surface area contributed by atoms with Gasteiger partial charge in [0.25, 0.3) is 0 Å². The number of hydrogen-bond donors (Lipinski definition) is 1. The molecule has 0 radical (unpaired) electrons. The number of nitrogens with two attached hydrogens (primary N) is 1. The summed E-state index contributed by atoms with van der Waals surface area (Å²) in [5.74, 6) is -0.157. The molecule has 1 unspecified atom stereocenters. The van der Waals surface area contributed by atoms with Gasteiger partial charge in [-0.2, -0.15) is 0 Å². The van der Waals surface area contributed by atoms with Crippen LogP contribution in [0.1, 0.15) is 46.0 Å². The maximum Gasteiger partial charge on any atom is 0.234 e. The molecular weight excluding hydrogens is 176 g/mol. The fraction of sp³-hybridized carbons (Fsp3) is 0.909. The van der Waals surface area contributed by atoms with Crippen molar-refractivity contribution in [2.45, 2.75) is 58.0 Å². The first-order valence-electron chi connectivity index (χ1n) is 5.75. The molecule has 1 rings (SSSR count). The van der Waals surface area contributed by atoms with E-state index in [1.54, 1.807) is 0 Å². The summed E-state index contributed by atoms with van der Waals surface area (Å²) in [5, 5.41) is 0. The molecule has 14 heavy (non-hydrogen) atoms. The third kappa shape index (κ3) is 2.47. The van der Waals surface area contributed by atoms with Crippen LogP contribution in [0.2, 0.25) is 0 Å². The highest BCUT2D eigenvalue weighted by Gasteiger charge is 2.31. The highest BCUT2D eigenvalue weighted by molar-refractivity contribution is 5.79. The molecule has 1 fully saturated rings. The third-order valence-electron chi connectivity index (χ3n) is 3.16. The predicted octanol–water partition coefficient (Wildman–Crippen LogP) is 1.51. The molecule has 1 aliphatic rings. The normalized spacial score (nSPS) is 25.1. The molecule has 0 saturated carbocycles. The zero-order valence-corrected chi connectivity index (χ0v) is 9.33. The first-order valence-corrected chi connectivity index (χ1v) is 5.75. The third-order valence-corrected chi connectivity index (χ3v) is 3.16. The van der Waals surface area contributed by atoms with Crippen molar-refractivity contribution in [2.75, 3.05) is 6.54 Å². The zero-order valence-electron chi connectivity index (χ0n) is 9.33. The lowest BCUT2D eigenvalue weighted by molar-refractivity contribution is -0.123. The van der Waals surface area contributed by atoms with E-state index >= 15 is 0 Å². The minimum atomic E-state index is -0.157. The number of hydrogen-bond acceptors (Lipinski definition) is 2. The Morgan fingerprint density at radius 3 is 2.79 bits per heavy atom. The molecule has 3 heteroatoms. The van der Waals surface area contributed by atoms with Crippen LogP contribution >= 0.6 is 0 Å². The van der Waals surface area contributed by atoms with Crippen LogP contribution in [-0.4, -0.2) is 29.4 Å². The molecule has 2 atom stereocenters. The molecule has 0 aromatic heterocycles. The molecule has 82 valence electrons. The molecule has 0 aromatic rings. The van der Waals surface area contributed by atoms with E-state index in [9.17, 15) is 4.79 Å². The summed E-state index contributed by atoms with van der Waals surface area (Å²) in [6.45, 7) is 5.28. The second-order valence-corrected chi connectivity index (χ2v) is 4.15. The van der Waals surface area contributed by atoms with Gasteiger partial charge in [0.1, 0.15) is 0 Å². The van der Waals surface area contributed by atoms with Gasteiger partial charge in [0.2, 0.25) is 5.91 Å². The van der Waals surface area contributed by atoms with Gasteiger partial charge in [-0.25, -0.2) is 0 Å². The SMILES string of the molecule is CCC[C@H]1CCCN1C(CC)C(N)=O. The minimum absolute atomic E-state index is 0.0333. The number of carbonyl (C=O) groups excluding carboxylic acids is 1. The Hall–Kier alpha value is -0.570. The number of carbonyl (C=O) groups is 1. The van der Waals surface area contributed by atoms with Crippen LogP contribution in [0.3, 0.4) is 0 Å². The smallest absolute Gasteiger partial charge is 0.234 e. The van der Waals surface area contributed by atoms with Gasteiger partial charge in [0.15, 0.2) is 0 Å². The predicted molar refractivity (Wildman–Crippen MR) is 57.9 cm³/mol. The molecule has 1 saturated heterocycles. The molecule has 0 bridgehead atoms. The van der Waals surface area contributed by atoms with Gasteiger partial charge >= 0.3 is 0 Å². The van der Waals surface area contributed by atoms with Gasteiger partial charge in [-0.3, -0.25) is 9.69 Å². The Balaban J connectivity index is 2.59. The summed E-state index contributed by atoms with van der Waals surface area (Å²) >= 11 is 0. The maximum atomic E-state index is 11.2.